The Labute approximate surface area is 136 Å². The summed E-state index contributed by atoms with van der Waals surface area (Å²) < 4.78 is 1.63. The lowest BCUT2D eigenvalue weighted by Crippen LogP contribution is -1.98. The molecule has 3 aromatic rings. The number of nitrogen functional groups attached to an aromatic ring is 1. The molecule has 2 N–H and O–H groups in total. The second-order valence-corrected chi connectivity index (χ2v) is 5.74. The monoisotopic (exact) mass is 337 g/mol. The molecule has 1 aromatic heterocycles. The van der Waals surface area contributed by atoms with Gasteiger partial charge in [-0.25, -0.2) is 4.68 Å². The van der Waals surface area contributed by atoms with Gasteiger partial charge in [0.2, 0.25) is 0 Å². The van der Waals surface area contributed by atoms with Crippen LogP contribution in [0.1, 0.15) is 0 Å². The zero-order valence-electron chi connectivity index (χ0n) is 10.7. The molecule has 0 unspecified atom stereocenters. The van der Waals surface area contributed by atoms with Crippen molar-refractivity contribution in [2.75, 3.05) is 5.73 Å². The molecular weight excluding hydrogens is 329 g/mol. The Morgan fingerprint density at radius 2 is 1.52 bits per heavy atom. The molecule has 1 heterocycles. The topological polar surface area (TPSA) is 43.8 Å². The van der Waals surface area contributed by atoms with E-state index in [0.717, 1.165) is 11.3 Å². The first kappa shape index (κ1) is 14.3. The van der Waals surface area contributed by atoms with E-state index in [0.29, 0.717) is 26.4 Å². The van der Waals surface area contributed by atoms with Crippen LogP contribution in [0.25, 0.3) is 16.9 Å². The first-order chi connectivity index (χ1) is 10.0. The van der Waals surface area contributed by atoms with Gasteiger partial charge in [0.1, 0.15) is 5.69 Å². The summed E-state index contributed by atoms with van der Waals surface area (Å²) in [5.41, 5.74) is 8.58. The van der Waals surface area contributed by atoms with Crippen molar-refractivity contribution in [2.45, 2.75) is 0 Å². The van der Waals surface area contributed by atoms with E-state index in [1.54, 1.807) is 23.0 Å². The van der Waals surface area contributed by atoms with E-state index in [1.165, 1.54) is 0 Å². The number of nitrogens with zero attached hydrogens (tertiary/aromatic N) is 2. The smallest absolute Gasteiger partial charge is 0.102 e. The van der Waals surface area contributed by atoms with E-state index in [1.807, 2.05) is 30.3 Å². The molecule has 3 nitrogen and oxygen atoms in total. The van der Waals surface area contributed by atoms with Gasteiger partial charge in [0.25, 0.3) is 0 Å². The molecule has 3 rings (SSSR count). The minimum atomic E-state index is 0.450. The fourth-order valence-corrected chi connectivity index (χ4v) is 2.83. The van der Waals surface area contributed by atoms with Crippen molar-refractivity contribution in [3.63, 3.8) is 0 Å². The van der Waals surface area contributed by atoms with E-state index in [9.17, 15) is 0 Å². The van der Waals surface area contributed by atoms with Crippen LogP contribution in [0.3, 0.4) is 0 Å². The maximum atomic E-state index is 6.20. The summed E-state index contributed by atoms with van der Waals surface area (Å²) >= 11 is 18.3. The average molecular weight is 339 g/mol. The lowest BCUT2D eigenvalue weighted by atomic mass is 10.2. The van der Waals surface area contributed by atoms with Crippen molar-refractivity contribution in [2.24, 2.45) is 0 Å². The van der Waals surface area contributed by atoms with Gasteiger partial charge in [-0.1, -0.05) is 46.9 Å². The number of aromatic nitrogens is 2. The third-order valence-corrected chi connectivity index (χ3v) is 3.83. The Morgan fingerprint density at radius 3 is 2.14 bits per heavy atom. The molecule has 0 radical (unpaired) electrons. The molecule has 0 aliphatic rings. The van der Waals surface area contributed by atoms with E-state index in [2.05, 4.69) is 5.10 Å². The molecule has 0 fully saturated rings. The molecule has 21 heavy (non-hydrogen) atoms. The third-order valence-electron chi connectivity index (χ3n) is 3.00. The molecule has 0 spiro atoms. The highest BCUT2D eigenvalue weighted by molar-refractivity contribution is 6.38. The van der Waals surface area contributed by atoms with E-state index < -0.39 is 0 Å². The minimum Gasteiger partial charge on any atom is -0.399 e. The molecule has 0 atom stereocenters. The van der Waals surface area contributed by atoms with Crippen LogP contribution in [0.4, 0.5) is 5.69 Å². The highest BCUT2D eigenvalue weighted by Gasteiger charge is 2.11. The van der Waals surface area contributed by atoms with Gasteiger partial charge in [-0.2, -0.15) is 5.10 Å². The van der Waals surface area contributed by atoms with Crippen LogP contribution in [0.5, 0.6) is 0 Å². The van der Waals surface area contributed by atoms with Crippen LogP contribution in [0.15, 0.2) is 48.7 Å². The quantitative estimate of drug-likeness (QED) is 0.662. The van der Waals surface area contributed by atoms with Gasteiger partial charge in [0, 0.05) is 22.5 Å². The number of hydrogen-bond acceptors (Lipinski definition) is 2. The Morgan fingerprint density at radius 1 is 0.905 bits per heavy atom. The van der Waals surface area contributed by atoms with Crippen LogP contribution < -0.4 is 5.73 Å². The second kappa shape index (κ2) is 5.60. The fraction of sp³-hybridized carbons (Fsp3) is 0. The third kappa shape index (κ3) is 2.86. The zero-order chi connectivity index (χ0) is 15.0. The van der Waals surface area contributed by atoms with Gasteiger partial charge in [-0.15, -0.1) is 0 Å². The molecular formula is C15H10Cl3N3. The number of halogens is 3. The van der Waals surface area contributed by atoms with Crippen LogP contribution >= 0.6 is 34.8 Å². The molecule has 0 saturated heterocycles. The SMILES string of the molecule is Nc1cc(Cl)c(-n2ccc(-c3ccc(Cl)cc3)n2)c(Cl)c1. The molecule has 0 amide bonds. The Bertz CT molecular complexity index is 771. The van der Waals surface area contributed by atoms with Crippen molar-refractivity contribution >= 4 is 40.5 Å². The predicted octanol–water partition coefficient (Wildman–Crippen LogP) is 5.08. The first-order valence-electron chi connectivity index (χ1n) is 6.11. The standard InChI is InChI=1S/C15H10Cl3N3/c16-10-3-1-9(2-4-10)14-5-6-21(20-14)15-12(17)7-11(19)8-13(15)18/h1-8H,19H2. The largest absolute Gasteiger partial charge is 0.399 e. The van der Waals surface area contributed by atoms with Crippen molar-refractivity contribution in [1.29, 1.82) is 0 Å². The summed E-state index contributed by atoms with van der Waals surface area (Å²) in [5, 5.41) is 6.08. The number of anilines is 1. The van der Waals surface area contributed by atoms with Gasteiger partial charge in [-0.3, -0.25) is 0 Å². The van der Waals surface area contributed by atoms with Gasteiger partial charge in [0.15, 0.2) is 0 Å². The number of rotatable bonds is 2. The fourth-order valence-electron chi connectivity index (χ4n) is 2.03. The van der Waals surface area contributed by atoms with Crippen molar-refractivity contribution in [3.8, 4) is 16.9 Å². The van der Waals surface area contributed by atoms with Crippen LogP contribution in [-0.2, 0) is 0 Å². The first-order valence-corrected chi connectivity index (χ1v) is 7.24. The molecule has 0 aliphatic heterocycles. The minimum absolute atomic E-state index is 0.450. The number of benzene rings is 2. The lowest BCUT2D eigenvalue weighted by molar-refractivity contribution is 0.885. The summed E-state index contributed by atoms with van der Waals surface area (Å²) in [5.74, 6) is 0. The Hall–Kier alpha value is -1.68. The van der Waals surface area contributed by atoms with E-state index in [4.69, 9.17) is 40.5 Å². The van der Waals surface area contributed by atoms with E-state index in [-0.39, 0.29) is 0 Å². The molecule has 0 saturated carbocycles. The second-order valence-electron chi connectivity index (χ2n) is 4.49. The lowest BCUT2D eigenvalue weighted by Gasteiger charge is -2.08. The molecule has 6 heteroatoms. The highest BCUT2D eigenvalue weighted by atomic mass is 35.5. The summed E-state index contributed by atoms with van der Waals surface area (Å²) in [6.45, 7) is 0. The average Bonchev–Trinajstić information content (AvgIpc) is 2.87. The maximum Gasteiger partial charge on any atom is 0.102 e. The Balaban J connectivity index is 2.05. The molecule has 106 valence electrons. The van der Waals surface area contributed by atoms with Crippen molar-refractivity contribution < 1.29 is 0 Å². The molecule has 0 bridgehead atoms. The molecule has 0 aliphatic carbocycles. The van der Waals surface area contributed by atoms with Gasteiger partial charge in [-0.05, 0) is 30.3 Å². The summed E-state index contributed by atoms with van der Waals surface area (Å²) in [6.07, 6.45) is 1.80. The van der Waals surface area contributed by atoms with Gasteiger partial charge in [0.05, 0.1) is 15.7 Å². The normalized spacial score (nSPS) is 10.8. The number of hydrogen-bond donors (Lipinski definition) is 1. The van der Waals surface area contributed by atoms with E-state index >= 15 is 0 Å². The van der Waals surface area contributed by atoms with Gasteiger partial charge < -0.3 is 5.73 Å². The zero-order valence-corrected chi connectivity index (χ0v) is 13.0. The van der Waals surface area contributed by atoms with Crippen LogP contribution in [0, 0.1) is 0 Å². The summed E-state index contributed by atoms with van der Waals surface area (Å²) in [4.78, 5) is 0. The molecule has 2 aromatic carbocycles. The van der Waals surface area contributed by atoms with Crippen molar-refractivity contribution in [3.05, 3.63) is 63.7 Å². The van der Waals surface area contributed by atoms with Crippen LogP contribution in [0.2, 0.25) is 15.1 Å². The predicted molar refractivity (Wildman–Crippen MR) is 88.4 cm³/mol. The van der Waals surface area contributed by atoms with Gasteiger partial charge >= 0.3 is 0 Å². The summed E-state index contributed by atoms with van der Waals surface area (Å²) in [7, 11) is 0. The maximum absolute atomic E-state index is 6.20. The Kier molecular flexibility index (Phi) is 3.81. The van der Waals surface area contributed by atoms with Crippen LogP contribution in [-0.4, -0.2) is 9.78 Å². The highest BCUT2D eigenvalue weighted by Crippen LogP contribution is 2.31. The van der Waals surface area contributed by atoms with Crippen molar-refractivity contribution in [1.82, 2.24) is 9.78 Å². The number of nitrogens with two attached hydrogens (primary N) is 1. The summed E-state index contributed by atoms with van der Waals surface area (Å²) in [6, 6.07) is 12.6.